The van der Waals surface area contributed by atoms with Crippen LogP contribution in [0.5, 0.6) is 0 Å². The van der Waals surface area contributed by atoms with Crippen LogP contribution in [0, 0.1) is 5.41 Å². The molecule has 1 aliphatic heterocycles. The lowest BCUT2D eigenvalue weighted by Gasteiger charge is -2.39. The number of thiophene rings is 1. The molecule has 5 nitrogen and oxygen atoms in total. The van der Waals surface area contributed by atoms with Crippen molar-refractivity contribution in [2.24, 2.45) is 5.41 Å². The van der Waals surface area contributed by atoms with Crippen molar-refractivity contribution in [1.29, 1.82) is 0 Å². The van der Waals surface area contributed by atoms with Crippen LogP contribution in [-0.4, -0.2) is 49.4 Å². The minimum absolute atomic E-state index is 0.0164. The molecule has 2 fully saturated rings. The Morgan fingerprint density at radius 1 is 1.21 bits per heavy atom. The van der Waals surface area contributed by atoms with Gasteiger partial charge in [-0.2, -0.15) is 0 Å². The zero-order valence-electron chi connectivity index (χ0n) is 17.3. The second kappa shape index (κ2) is 8.84. The van der Waals surface area contributed by atoms with Crippen LogP contribution in [0.4, 0.5) is 0 Å². The highest BCUT2D eigenvalue weighted by Gasteiger charge is 2.39. The van der Waals surface area contributed by atoms with Crippen molar-refractivity contribution in [3.05, 3.63) is 22.4 Å². The summed E-state index contributed by atoms with van der Waals surface area (Å²) in [6.07, 6.45) is 6.04. The molecule has 28 heavy (non-hydrogen) atoms. The summed E-state index contributed by atoms with van der Waals surface area (Å²) < 4.78 is 24.1. The molecule has 1 saturated heterocycles. The lowest BCUT2D eigenvalue weighted by molar-refractivity contribution is -0.135. The normalized spacial score (nSPS) is 24.2. The maximum atomic E-state index is 13.3. The Kier molecular flexibility index (Phi) is 6.88. The van der Waals surface area contributed by atoms with Crippen LogP contribution in [0.25, 0.3) is 0 Å². The molecular weight excluding hydrogens is 392 g/mol. The van der Waals surface area contributed by atoms with Gasteiger partial charge in [0, 0.05) is 23.0 Å². The monoisotopic (exact) mass is 426 g/mol. The van der Waals surface area contributed by atoms with E-state index >= 15 is 0 Å². The highest BCUT2D eigenvalue weighted by molar-refractivity contribution is 7.91. The van der Waals surface area contributed by atoms with Crippen LogP contribution in [0.1, 0.15) is 70.2 Å². The third-order valence-corrected chi connectivity index (χ3v) is 8.70. The minimum Gasteiger partial charge on any atom is -0.335 e. The molecule has 2 unspecified atom stereocenters. The number of nitrogens with one attached hydrogen (secondary N) is 1. The van der Waals surface area contributed by atoms with Crippen LogP contribution >= 0.6 is 11.3 Å². The van der Waals surface area contributed by atoms with Gasteiger partial charge in [-0.25, -0.2) is 8.42 Å². The Hall–Kier alpha value is -0.920. The molecule has 0 spiro atoms. The lowest BCUT2D eigenvalue weighted by Crippen LogP contribution is -2.52. The summed E-state index contributed by atoms with van der Waals surface area (Å²) in [4.78, 5) is 16.5. The highest BCUT2D eigenvalue weighted by atomic mass is 32.2. The van der Waals surface area contributed by atoms with Crippen LogP contribution in [0.3, 0.4) is 0 Å². The molecule has 7 heteroatoms. The molecule has 1 aliphatic carbocycles. The van der Waals surface area contributed by atoms with E-state index in [1.54, 1.807) is 11.3 Å². The van der Waals surface area contributed by atoms with Crippen LogP contribution in [-0.2, 0) is 14.6 Å². The van der Waals surface area contributed by atoms with E-state index in [1.165, 1.54) is 11.3 Å². The Morgan fingerprint density at radius 3 is 2.46 bits per heavy atom. The van der Waals surface area contributed by atoms with Gasteiger partial charge in [-0.15, -0.1) is 11.3 Å². The van der Waals surface area contributed by atoms with Crippen molar-refractivity contribution in [3.8, 4) is 0 Å². The first-order valence-corrected chi connectivity index (χ1v) is 13.2. The number of carbonyl (C=O) groups is 1. The van der Waals surface area contributed by atoms with Crippen molar-refractivity contribution in [1.82, 2.24) is 10.2 Å². The number of nitrogens with zero attached hydrogens (tertiary/aromatic N) is 1. The maximum Gasteiger partial charge on any atom is 0.237 e. The second-order valence-corrected chi connectivity index (χ2v) is 12.6. The van der Waals surface area contributed by atoms with Gasteiger partial charge in [-0.3, -0.25) is 4.79 Å². The zero-order chi connectivity index (χ0) is 20.4. The van der Waals surface area contributed by atoms with Gasteiger partial charge in [0.05, 0.1) is 18.1 Å². The number of amides is 1. The molecule has 0 bridgehead atoms. The van der Waals surface area contributed by atoms with Gasteiger partial charge in [-0.05, 0) is 36.1 Å². The lowest BCUT2D eigenvalue weighted by atomic mass is 9.85. The van der Waals surface area contributed by atoms with Gasteiger partial charge in [0.15, 0.2) is 9.84 Å². The number of rotatable bonds is 6. The Labute approximate surface area is 173 Å². The van der Waals surface area contributed by atoms with Crippen LogP contribution in [0.15, 0.2) is 17.5 Å². The van der Waals surface area contributed by atoms with E-state index in [1.807, 2.05) is 11.0 Å². The Balaban J connectivity index is 1.73. The van der Waals surface area contributed by atoms with E-state index in [0.717, 1.165) is 25.7 Å². The van der Waals surface area contributed by atoms with Crippen LogP contribution < -0.4 is 5.32 Å². The van der Waals surface area contributed by atoms with E-state index < -0.39 is 9.84 Å². The molecule has 1 N–H and O–H groups in total. The molecule has 2 atom stereocenters. The minimum atomic E-state index is -3.02. The van der Waals surface area contributed by atoms with Crippen molar-refractivity contribution in [3.63, 3.8) is 0 Å². The Bertz CT molecular complexity index is 747. The molecule has 2 heterocycles. The Morgan fingerprint density at radius 2 is 1.93 bits per heavy atom. The number of hydrogen-bond donors (Lipinski definition) is 1. The predicted octanol–water partition coefficient (Wildman–Crippen LogP) is 3.77. The fourth-order valence-corrected chi connectivity index (χ4v) is 7.38. The first-order valence-electron chi connectivity index (χ1n) is 10.5. The quantitative estimate of drug-likeness (QED) is 0.752. The summed E-state index contributed by atoms with van der Waals surface area (Å²) in [6, 6.07) is 4.28. The van der Waals surface area contributed by atoms with Gasteiger partial charge in [0.2, 0.25) is 5.91 Å². The fraction of sp³-hybridized carbons (Fsp3) is 0.762. The van der Waals surface area contributed by atoms with E-state index in [4.69, 9.17) is 0 Å². The first kappa shape index (κ1) is 21.8. The largest absolute Gasteiger partial charge is 0.335 e. The van der Waals surface area contributed by atoms with Crippen molar-refractivity contribution < 1.29 is 13.2 Å². The van der Waals surface area contributed by atoms with Crippen molar-refractivity contribution >= 4 is 27.1 Å². The standard InChI is InChI=1S/C21H34N2O3S2/c1-21(2,3)20(18-10-7-12-27-18)22-14-19(24)23(16-8-5-4-6-9-16)17-11-13-28(25,26)15-17/h7,10,12,16-17,20,22H,4-6,8-9,11,13-15H2,1-3H3. The molecule has 0 radical (unpaired) electrons. The van der Waals surface area contributed by atoms with E-state index in [2.05, 4.69) is 37.5 Å². The summed E-state index contributed by atoms with van der Waals surface area (Å²) in [7, 11) is -3.02. The SMILES string of the molecule is CC(C)(C)C(NCC(=O)N(C1CCCCC1)C1CCS(=O)(=O)C1)c1cccs1. The average molecular weight is 427 g/mol. The third-order valence-electron chi connectivity index (χ3n) is 6.01. The molecular formula is C21H34N2O3S2. The number of carbonyl (C=O) groups excluding carboxylic acids is 1. The van der Waals surface area contributed by atoms with Gasteiger partial charge < -0.3 is 10.2 Å². The molecule has 158 valence electrons. The van der Waals surface area contributed by atoms with Gasteiger partial charge in [0.25, 0.3) is 0 Å². The summed E-state index contributed by atoms with van der Waals surface area (Å²) >= 11 is 1.70. The molecule has 1 aromatic heterocycles. The maximum absolute atomic E-state index is 13.3. The summed E-state index contributed by atoms with van der Waals surface area (Å²) in [5.74, 6) is 0.393. The van der Waals surface area contributed by atoms with Crippen molar-refractivity contribution in [2.75, 3.05) is 18.1 Å². The molecule has 2 aliphatic rings. The molecule has 1 aromatic rings. The smallest absolute Gasteiger partial charge is 0.237 e. The summed E-state index contributed by atoms with van der Waals surface area (Å²) in [5.41, 5.74) is -0.0164. The van der Waals surface area contributed by atoms with E-state index in [0.29, 0.717) is 6.42 Å². The zero-order valence-corrected chi connectivity index (χ0v) is 18.9. The van der Waals surface area contributed by atoms with Crippen molar-refractivity contribution in [2.45, 2.75) is 77.4 Å². The van der Waals surface area contributed by atoms with Crippen LogP contribution in [0.2, 0.25) is 0 Å². The predicted molar refractivity (Wildman–Crippen MR) is 115 cm³/mol. The van der Waals surface area contributed by atoms with Gasteiger partial charge in [0.1, 0.15) is 0 Å². The molecule has 1 saturated carbocycles. The van der Waals surface area contributed by atoms with E-state index in [-0.39, 0.29) is 47.5 Å². The topological polar surface area (TPSA) is 66.5 Å². The number of hydrogen-bond acceptors (Lipinski definition) is 5. The number of sulfone groups is 1. The molecule has 3 rings (SSSR count). The fourth-order valence-electron chi connectivity index (χ4n) is 4.63. The average Bonchev–Trinajstić information content (AvgIpc) is 3.25. The third kappa shape index (κ3) is 5.36. The first-order chi connectivity index (χ1) is 13.2. The molecule has 0 aromatic carbocycles. The second-order valence-electron chi connectivity index (χ2n) is 9.35. The molecule has 1 amide bonds. The van der Waals surface area contributed by atoms with Gasteiger partial charge >= 0.3 is 0 Å². The van der Waals surface area contributed by atoms with E-state index in [9.17, 15) is 13.2 Å². The highest BCUT2D eigenvalue weighted by Crippen LogP contribution is 2.35. The summed E-state index contributed by atoms with van der Waals surface area (Å²) in [6.45, 7) is 6.79. The summed E-state index contributed by atoms with van der Waals surface area (Å²) in [5, 5.41) is 5.56. The van der Waals surface area contributed by atoms with Gasteiger partial charge in [-0.1, -0.05) is 46.1 Å².